The molecular formula is C27H24FIN4O4. The minimum Gasteiger partial charge on any atom is -0.421 e. The van der Waals surface area contributed by atoms with E-state index in [0.717, 1.165) is 12.8 Å². The summed E-state index contributed by atoms with van der Waals surface area (Å²) in [6.45, 7) is 3.37. The van der Waals surface area contributed by atoms with Crippen molar-refractivity contribution in [3.8, 4) is 11.1 Å². The van der Waals surface area contributed by atoms with Crippen LogP contribution in [0.2, 0.25) is 0 Å². The zero-order chi connectivity index (χ0) is 26.4. The first-order valence-electron chi connectivity index (χ1n) is 11.7. The van der Waals surface area contributed by atoms with Crippen molar-refractivity contribution in [3.05, 3.63) is 83.9 Å². The van der Waals surface area contributed by atoms with Gasteiger partial charge in [-0.15, -0.1) is 0 Å². The molecule has 190 valence electrons. The molecule has 0 radical (unpaired) electrons. The summed E-state index contributed by atoms with van der Waals surface area (Å²) >= 11 is 2.01. The fraction of sp³-hybridized carbons (Fsp3) is 0.222. The van der Waals surface area contributed by atoms with Gasteiger partial charge < -0.3 is 24.9 Å². The Morgan fingerprint density at radius 3 is 2.57 bits per heavy atom. The van der Waals surface area contributed by atoms with Gasteiger partial charge in [0.25, 0.3) is 5.56 Å². The summed E-state index contributed by atoms with van der Waals surface area (Å²) in [7, 11) is 1.52. The summed E-state index contributed by atoms with van der Waals surface area (Å²) < 4.78 is 23.0. The Kier molecular flexibility index (Phi) is 6.52. The van der Waals surface area contributed by atoms with Crippen molar-refractivity contribution in [2.45, 2.75) is 32.7 Å². The molecule has 1 aliphatic carbocycles. The summed E-state index contributed by atoms with van der Waals surface area (Å²) in [5, 5.41) is 8.43. The number of carbonyl (C=O) groups excluding carboxylic acids is 1. The fourth-order valence-electron chi connectivity index (χ4n) is 4.50. The van der Waals surface area contributed by atoms with Gasteiger partial charge in [-0.1, -0.05) is 12.1 Å². The second kappa shape index (κ2) is 9.66. The van der Waals surface area contributed by atoms with Crippen LogP contribution in [0.15, 0.2) is 56.5 Å². The number of carbonyl (C=O) groups is 1. The van der Waals surface area contributed by atoms with Crippen LogP contribution in [0.4, 0.5) is 26.2 Å². The Labute approximate surface area is 225 Å². The lowest BCUT2D eigenvalue weighted by Crippen LogP contribution is -2.25. The number of hydrogen-bond donors (Lipinski definition) is 3. The molecule has 1 fully saturated rings. The predicted molar refractivity (Wildman–Crippen MR) is 150 cm³/mol. The third-order valence-electron chi connectivity index (χ3n) is 6.47. The molecule has 2 aromatic carbocycles. The first kappa shape index (κ1) is 25.0. The van der Waals surface area contributed by atoms with E-state index >= 15 is 0 Å². The summed E-state index contributed by atoms with van der Waals surface area (Å²) in [5.74, 6) is -0.504. The maximum atomic E-state index is 14.8. The number of amides is 2. The second-order valence-electron chi connectivity index (χ2n) is 8.99. The van der Waals surface area contributed by atoms with Crippen molar-refractivity contribution in [1.29, 1.82) is 0 Å². The zero-order valence-corrected chi connectivity index (χ0v) is 22.5. The minimum absolute atomic E-state index is 0.0259. The van der Waals surface area contributed by atoms with Crippen molar-refractivity contribution in [1.82, 2.24) is 9.88 Å². The van der Waals surface area contributed by atoms with Gasteiger partial charge in [-0.2, -0.15) is 0 Å². The topological polar surface area (TPSA) is 105 Å². The van der Waals surface area contributed by atoms with Crippen molar-refractivity contribution < 1.29 is 13.6 Å². The van der Waals surface area contributed by atoms with E-state index in [1.165, 1.54) is 13.1 Å². The van der Waals surface area contributed by atoms with Crippen LogP contribution in [0, 0.1) is 23.2 Å². The lowest BCUT2D eigenvalue weighted by atomic mass is 9.99. The van der Waals surface area contributed by atoms with Crippen LogP contribution in [-0.4, -0.2) is 17.6 Å². The fourth-order valence-corrected chi connectivity index (χ4v) is 4.95. The highest BCUT2D eigenvalue weighted by Crippen LogP contribution is 2.41. The number of urea groups is 1. The predicted octanol–water partition coefficient (Wildman–Crippen LogP) is 5.81. The summed E-state index contributed by atoms with van der Waals surface area (Å²) in [6.07, 6.45) is 1.71. The molecule has 0 atom stereocenters. The number of hydrogen-bond acceptors (Lipinski definition) is 5. The molecule has 37 heavy (non-hydrogen) atoms. The maximum Gasteiger partial charge on any atom is 0.341 e. The number of pyridine rings is 1. The summed E-state index contributed by atoms with van der Waals surface area (Å²) in [6, 6.07) is 11.4. The molecule has 0 saturated heterocycles. The molecule has 0 spiro atoms. The highest BCUT2D eigenvalue weighted by Gasteiger charge is 2.31. The molecule has 10 heteroatoms. The van der Waals surface area contributed by atoms with Crippen LogP contribution < -0.4 is 27.1 Å². The molecule has 8 nitrogen and oxygen atoms in total. The molecule has 1 saturated carbocycles. The highest BCUT2D eigenvalue weighted by molar-refractivity contribution is 14.1. The van der Waals surface area contributed by atoms with Gasteiger partial charge in [0.1, 0.15) is 11.2 Å². The Morgan fingerprint density at radius 1 is 1.14 bits per heavy atom. The normalized spacial score (nSPS) is 13.0. The quantitative estimate of drug-likeness (QED) is 0.246. The van der Waals surface area contributed by atoms with Crippen molar-refractivity contribution in [2.24, 2.45) is 0 Å². The van der Waals surface area contributed by atoms with E-state index in [1.54, 1.807) is 41.8 Å². The largest absolute Gasteiger partial charge is 0.421 e. The van der Waals surface area contributed by atoms with Gasteiger partial charge in [0.15, 0.2) is 5.58 Å². The maximum absolute atomic E-state index is 14.8. The number of halogens is 2. The molecule has 2 heterocycles. The van der Waals surface area contributed by atoms with Crippen LogP contribution in [0.1, 0.15) is 30.1 Å². The number of fused-ring (bicyclic) bond motifs is 1. The number of anilines is 3. The molecule has 4 aromatic rings. The zero-order valence-electron chi connectivity index (χ0n) is 20.4. The van der Waals surface area contributed by atoms with Gasteiger partial charge in [-0.05, 0) is 85.2 Å². The van der Waals surface area contributed by atoms with Crippen LogP contribution in [0.3, 0.4) is 0 Å². The molecule has 3 N–H and O–H groups in total. The van der Waals surface area contributed by atoms with Gasteiger partial charge in [-0.3, -0.25) is 4.79 Å². The van der Waals surface area contributed by atoms with E-state index < -0.39 is 11.4 Å². The smallest absolute Gasteiger partial charge is 0.341 e. The Morgan fingerprint density at radius 2 is 1.89 bits per heavy atom. The Hall–Kier alpha value is -3.67. The Bertz CT molecular complexity index is 1690. The third-order valence-corrected chi connectivity index (χ3v) is 7.15. The number of benzene rings is 2. The van der Waals surface area contributed by atoms with Crippen molar-refractivity contribution in [2.75, 3.05) is 17.7 Å². The van der Waals surface area contributed by atoms with Crippen LogP contribution in [0.25, 0.3) is 22.1 Å². The molecule has 1 aliphatic rings. The Balaban J connectivity index is 1.82. The van der Waals surface area contributed by atoms with Gasteiger partial charge in [0.05, 0.1) is 16.9 Å². The first-order valence-corrected chi connectivity index (χ1v) is 12.8. The van der Waals surface area contributed by atoms with Crippen molar-refractivity contribution in [3.63, 3.8) is 0 Å². The van der Waals surface area contributed by atoms with E-state index in [9.17, 15) is 18.8 Å². The molecule has 0 unspecified atom stereocenters. The van der Waals surface area contributed by atoms with E-state index in [2.05, 4.69) is 16.0 Å². The van der Waals surface area contributed by atoms with E-state index in [1.807, 2.05) is 35.6 Å². The molecule has 2 amide bonds. The number of aromatic nitrogens is 1. The number of nitrogens with one attached hydrogen (secondary N) is 3. The monoisotopic (exact) mass is 614 g/mol. The van der Waals surface area contributed by atoms with Crippen LogP contribution in [-0.2, 0) is 0 Å². The number of nitrogens with zero attached hydrogens (tertiary/aromatic N) is 1. The van der Waals surface area contributed by atoms with E-state index in [-0.39, 0.29) is 45.5 Å². The van der Waals surface area contributed by atoms with Crippen molar-refractivity contribution >= 4 is 56.7 Å². The van der Waals surface area contributed by atoms with Gasteiger partial charge in [0, 0.05) is 33.6 Å². The lowest BCUT2D eigenvalue weighted by molar-refractivity contribution is 0.254. The van der Waals surface area contributed by atoms with Gasteiger partial charge in [-0.25, -0.2) is 14.0 Å². The molecule has 5 rings (SSSR count). The average Bonchev–Trinajstić information content (AvgIpc) is 3.69. The SMILES string of the molecule is CNC(=O)Nc1cccc(-c2c(C)n(C3CC3)c(=O)c3c(Nc4ccc(I)cc4F)c(C)c(=O)oc23)c1. The number of rotatable bonds is 5. The first-order chi connectivity index (χ1) is 17.7. The lowest BCUT2D eigenvalue weighted by Gasteiger charge is -2.19. The minimum atomic E-state index is -0.634. The second-order valence-corrected chi connectivity index (χ2v) is 10.2. The summed E-state index contributed by atoms with van der Waals surface area (Å²) in [5.41, 5.74) is 2.10. The standard InChI is InChI=1S/C27H24FIN4O4/c1-13-23(32-20-10-7-16(29)12-19(20)28)22-24(37-26(13)35)21(14(2)33(25(22)34)18-8-9-18)15-5-4-6-17(11-15)31-27(36)30-3/h4-7,10-12,18,32H,8-9H2,1-3H3,(H2,30,31,36). The molecule has 2 aromatic heterocycles. The molecule has 0 aliphatic heterocycles. The summed E-state index contributed by atoms with van der Waals surface area (Å²) in [4.78, 5) is 38.8. The molecular weight excluding hydrogens is 590 g/mol. The highest BCUT2D eigenvalue weighted by atomic mass is 127. The van der Waals surface area contributed by atoms with Crippen LogP contribution in [0.5, 0.6) is 0 Å². The van der Waals surface area contributed by atoms with Gasteiger partial charge in [0.2, 0.25) is 0 Å². The average molecular weight is 614 g/mol. The van der Waals surface area contributed by atoms with Gasteiger partial charge >= 0.3 is 11.7 Å². The third kappa shape index (κ3) is 4.61. The van der Waals surface area contributed by atoms with Crippen LogP contribution >= 0.6 is 22.6 Å². The van der Waals surface area contributed by atoms with E-state index in [0.29, 0.717) is 26.1 Å². The van der Waals surface area contributed by atoms with E-state index in [4.69, 9.17) is 4.42 Å². The molecule has 0 bridgehead atoms.